The van der Waals surface area contributed by atoms with Crippen LogP contribution in [0.5, 0.6) is 11.5 Å². The van der Waals surface area contributed by atoms with E-state index >= 15 is 0 Å². The number of carbonyl (C=O) groups is 1. The topological polar surface area (TPSA) is 91.7 Å². The summed E-state index contributed by atoms with van der Waals surface area (Å²) in [6, 6.07) is 12.8. The fourth-order valence-corrected chi connectivity index (χ4v) is 3.68. The van der Waals surface area contributed by atoms with E-state index in [1.165, 1.54) is 10.9 Å². The van der Waals surface area contributed by atoms with E-state index in [1.54, 1.807) is 25.3 Å². The smallest absolute Gasteiger partial charge is 0.261 e. The Morgan fingerprint density at radius 3 is 2.94 bits per heavy atom. The first-order valence-corrected chi connectivity index (χ1v) is 10.8. The number of hydrogen-bond acceptors (Lipinski definition) is 6. The largest absolute Gasteiger partial charge is 0.493 e. The van der Waals surface area contributed by atoms with Crippen LogP contribution in [0.1, 0.15) is 24.8 Å². The van der Waals surface area contributed by atoms with Crippen molar-refractivity contribution in [3.63, 3.8) is 0 Å². The van der Waals surface area contributed by atoms with Gasteiger partial charge in [0.25, 0.3) is 5.56 Å². The molecule has 1 aromatic heterocycles. The highest BCUT2D eigenvalue weighted by Gasteiger charge is 2.17. The van der Waals surface area contributed by atoms with Gasteiger partial charge >= 0.3 is 0 Å². The first-order chi connectivity index (χ1) is 15.6. The van der Waals surface area contributed by atoms with Crippen LogP contribution >= 0.6 is 0 Å². The van der Waals surface area contributed by atoms with Gasteiger partial charge in [-0.3, -0.25) is 14.2 Å². The van der Waals surface area contributed by atoms with Gasteiger partial charge in [-0.25, -0.2) is 4.98 Å². The number of aryl methyl sites for hydroxylation is 1. The number of nitrogens with one attached hydrogen (secondary N) is 1. The van der Waals surface area contributed by atoms with Gasteiger partial charge in [0.15, 0.2) is 11.5 Å². The molecule has 1 aliphatic rings. The number of carbonyl (C=O) groups excluding carboxylic acids is 1. The third-order valence-corrected chi connectivity index (χ3v) is 5.48. The molecule has 168 valence electrons. The number of methoxy groups -OCH3 is 1. The number of para-hydroxylation sites is 1. The van der Waals surface area contributed by atoms with E-state index in [1.807, 2.05) is 24.3 Å². The molecule has 1 saturated heterocycles. The van der Waals surface area contributed by atoms with Crippen LogP contribution in [-0.2, 0) is 22.6 Å². The first kappa shape index (κ1) is 21.8. The predicted octanol–water partition coefficient (Wildman–Crippen LogP) is 2.67. The van der Waals surface area contributed by atoms with Crippen molar-refractivity contribution in [2.24, 2.45) is 0 Å². The molecule has 0 saturated carbocycles. The third kappa shape index (κ3) is 5.26. The van der Waals surface area contributed by atoms with Gasteiger partial charge in [0.05, 0.1) is 30.4 Å². The standard InChI is InChI=1S/C24H27N3O5/c1-30-22-13-17(8-9-21(22)32-15-18-5-4-12-31-18)14-25-23(28)10-11-27-16-26-20-7-3-2-6-19(20)24(27)29/h2-3,6-9,13,16,18H,4-5,10-12,14-15H2,1H3,(H,25,28). The van der Waals surface area contributed by atoms with Gasteiger partial charge in [-0.2, -0.15) is 0 Å². The van der Waals surface area contributed by atoms with E-state index in [2.05, 4.69) is 10.3 Å². The van der Waals surface area contributed by atoms with Gasteiger partial charge in [0.2, 0.25) is 5.91 Å². The van der Waals surface area contributed by atoms with Crippen LogP contribution in [0.15, 0.2) is 53.6 Å². The van der Waals surface area contributed by atoms with Crippen LogP contribution in [0.4, 0.5) is 0 Å². The molecule has 3 aromatic rings. The van der Waals surface area contributed by atoms with Gasteiger partial charge in [-0.1, -0.05) is 18.2 Å². The van der Waals surface area contributed by atoms with Gasteiger partial charge in [0.1, 0.15) is 6.61 Å². The fourth-order valence-electron chi connectivity index (χ4n) is 3.68. The lowest BCUT2D eigenvalue weighted by Gasteiger charge is -2.15. The van der Waals surface area contributed by atoms with E-state index in [0.717, 1.165) is 25.0 Å². The van der Waals surface area contributed by atoms with Crippen molar-refractivity contribution in [2.75, 3.05) is 20.3 Å². The van der Waals surface area contributed by atoms with Crippen molar-refractivity contribution in [2.45, 2.75) is 38.5 Å². The molecule has 2 heterocycles. The molecule has 1 unspecified atom stereocenters. The van der Waals surface area contributed by atoms with Gasteiger partial charge < -0.3 is 19.5 Å². The summed E-state index contributed by atoms with van der Waals surface area (Å²) in [6.45, 7) is 1.90. The molecule has 1 atom stereocenters. The zero-order chi connectivity index (χ0) is 22.3. The average Bonchev–Trinajstić information content (AvgIpc) is 3.35. The molecule has 4 rings (SSSR count). The monoisotopic (exact) mass is 437 g/mol. The van der Waals surface area contributed by atoms with Crippen molar-refractivity contribution in [3.05, 3.63) is 64.7 Å². The van der Waals surface area contributed by atoms with Crippen LogP contribution in [0.25, 0.3) is 10.9 Å². The number of amides is 1. The minimum atomic E-state index is -0.150. The zero-order valence-electron chi connectivity index (χ0n) is 18.1. The summed E-state index contributed by atoms with van der Waals surface area (Å²) in [4.78, 5) is 29.1. The van der Waals surface area contributed by atoms with Crippen LogP contribution in [0.2, 0.25) is 0 Å². The minimum absolute atomic E-state index is 0.129. The Bertz CT molecular complexity index is 1140. The third-order valence-electron chi connectivity index (χ3n) is 5.48. The highest BCUT2D eigenvalue weighted by molar-refractivity contribution is 5.77. The first-order valence-electron chi connectivity index (χ1n) is 10.8. The van der Waals surface area contributed by atoms with Gasteiger partial charge in [-0.15, -0.1) is 0 Å². The van der Waals surface area contributed by atoms with E-state index in [-0.39, 0.29) is 30.5 Å². The lowest BCUT2D eigenvalue weighted by molar-refractivity contribution is -0.121. The highest BCUT2D eigenvalue weighted by atomic mass is 16.5. The number of fused-ring (bicyclic) bond motifs is 1. The van der Waals surface area contributed by atoms with E-state index in [0.29, 0.717) is 35.6 Å². The number of hydrogen-bond donors (Lipinski definition) is 1. The minimum Gasteiger partial charge on any atom is -0.493 e. The molecule has 0 aliphatic carbocycles. The second-order valence-corrected chi connectivity index (χ2v) is 7.72. The molecule has 0 bridgehead atoms. The van der Waals surface area contributed by atoms with Crippen LogP contribution in [-0.4, -0.2) is 41.9 Å². The Labute approximate surface area is 186 Å². The van der Waals surface area contributed by atoms with Crippen molar-refractivity contribution >= 4 is 16.8 Å². The number of benzene rings is 2. The summed E-state index contributed by atoms with van der Waals surface area (Å²) >= 11 is 0. The zero-order valence-corrected chi connectivity index (χ0v) is 18.1. The summed E-state index contributed by atoms with van der Waals surface area (Å²) in [5.41, 5.74) is 1.39. The summed E-state index contributed by atoms with van der Waals surface area (Å²) in [7, 11) is 1.59. The van der Waals surface area contributed by atoms with E-state index < -0.39 is 0 Å². The molecule has 1 aliphatic heterocycles. The fraction of sp³-hybridized carbons (Fsp3) is 0.375. The van der Waals surface area contributed by atoms with E-state index in [9.17, 15) is 9.59 Å². The Hall–Kier alpha value is -3.39. The molecular formula is C24H27N3O5. The van der Waals surface area contributed by atoms with E-state index in [4.69, 9.17) is 14.2 Å². The second kappa shape index (κ2) is 10.3. The van der Waals surface area contributed by atoms with Crippen LogP contribution < -0.4 is 20.3 Å². The van der Waals surface area contributed by atoms with Gasteiger partial charge in [-0.05, 0) is 42.7 Å². The molecule has 2 aromatic carbocycles. The predicted molar refractivity (Wildman–Crippen MR) is 120 cm³/mol. The molecule has 1 N–H and O–H groups in total. The molecule has 32 heavy (non-hydrogen) atoms. The number of ether oxygens (including phenoxy) is 3. The quantitative estimate of drug-likeness (QED) is 0.553. The lowest BCUT2D eigenvalue weighted by Crippen LogP contribution is -2.27. The Morgan fingerprint density at radius 2 is 2.12 bits per heavy atom. The molecule has 1 fully saturated rings. The molecule has 1 amide bonds. The maximum atomic E-state index is 12.5. The molecule has 0 radical (unpaired) electrons. The molecule has 0 spiro atoms. The molecular weight excluding hydrogens is 410 g/mol. The number of aromatic nitrogens is 2. The second-order valence-electron chi connectivity index (χ2n) is 7.72. The Kier molecular flexibility index (Phi) is 7.01. The lowest BCUT2D eigenvalue weighted by atomic mass is 10.2. The number of rotatable bonds is 9. The van der Waals surface area contributed by atoms with Gasteiger partial charge in [0, 0.05) is 26.1 Å². The SMILES string of the molecule is COc1cc(CNC(=O)CCn2cnc3ccccc3c2=O)ccc1OCC1CCCO1. The highest BCUT2D eigenvalue weighted by Crippen LogP contribution is 2.29. The van der Waals surface area contributed by atoms with Crippen LogP contribution in [0, 0.1) is 0 Å². The summed E-state index contributed by atoms with van der Waals surface area (Å²) in [5, 5.41) is 3.43. The Balaban J connectivity index is 1.29. The van der Waals surface area contributed by atoms with Crippen LogP contribution in [0.3, 0.4) is 0 Å². The maximum absolute atomic E-state index is 12.5. The average molecular weight is 437 g/mol. The summed E-state index contributed by atoms with van der Waals surface area (Å²) in [6.07, 6.45) is 3.87. The van der Waals surface area contributed by atoms with Crippen molar-refractivity contribution in [3.8, 4) is 11.5 Å². The summed E-state index contributed by atoms with van der Waals surface area (Å²) in [5.74, 6) is 1.12. The maximum Gasteiger partial charge on any atom is 0.261 e. The Morgan fingerprint density at radius 1 is 1.25 bits per heavy atom. The van der Waals surface area contributed by atoms with Crippen molar-refractivity contribution in [1.82, 2.24) is 14.9 Å². The van der Waals surface area contributed by atoms with Crippen molar-refractivity contribution in [1.29, 1.82) is 0 Å². The van der Waals surface area contributed by atoms with Crippen molar-refractivity contribution < 1.29 is 19.0 Å². The normalized spacial score (nSPS) is 15.6. The molecule has 8 heteroatoms. The molecule has 8 nitrogen and oxygen atoms in total. The summed E-state index contributed by atoms with van der Waals surface area (Å²) < 4.78 is 18.3. The number of nitrogens with zero attached hydrogens (tertiary/aromatic N) is 2.